The monoisotopic (exact) mass is 307 g/mol. The zero-order valence-corrected chi connectivity index (χ0v) is 13.0. The first-order chi connectivity index (χ1) is 10.6. The van der Waals surface area contributed by atoms with Crippen molar-refractivity contribution in [3.05, 3.63) is 33.2 Å². The fourth-order valence-corrected chi connectivity index (χ4v) is 2.74. The highest BCUT2D eigenvalue weighted by Gasteiger charge is 2.27. The summed E-state index contributed by atoms with van der Waals surface area (Å²) in [6.45, 7) is 4.33. The molecule has 0 saturated heterocycles. The minimum atomic E-state index is -0.657. The van der Waals surface area contributed by atoms with Crippen molar-refractivity contribution in [1.29, 1.82) is 0 Å². The summed E-state index contributed by atoms with van der Waals surface area (Å²) in [5, 5.41) is 0. The first kappa shape index (κ1) is 16.3. The molecule has 0 saturated carbocycles. The molecule has 120 valence electrons. The van der Waals surface area contributed by atoms with Crippen molar-refractivity contribution >= 4 is 11.9 Å². The van der Waals surface area contributed by atoms with Gasteiger partial charge in [-0.05, 0) is 33.1 Å². The standard InChI is InChI=1S/C16H21NO5/c1-3-21-15(19)11-10-13(18)17-9-7-5-6-8-12(17)14(11)16(20)22-4-2/h10H,3-9H2,1-2H3. The highest BCUT2D eigenvalue weighted by atomic mass is 16.5. The Labute approximate surface area is 129 Å². The molecule has 0 N–H and O–H groups in total. The number of carbonyl (C=O) groups is 2. The molecule has 0 atom stereocenters. The highest BCUT2D eigenvalue weighted by molar-refractivity contribution is 6.03. The van der Waals surface area contributed by atoms with Gasteiger partial charge >= 0.3 is 11.9 Å². The molecule has 0 unspecified atom stereocenters. The zero-order valence-electron chi connectivity index (χ0n) is 13.0. The number of hydrogen-bond donors (Lipinski definition) is 0. The van der Waals surface area contributed by atoms with Gasteiger partial charge in [0.2, 0.25) is 0 Å². The SMILES string of the molecule is CCOC(=O)c1cc(=O)n2c(c1C(=O)OCC)CCCCC2. The molecule has 1 aliphatic heterocycles. The average molecular weight is 307 g/mol. The van der Waals surface area contributed by atoms with Crippen molar-refractivity contribution in [3.63, 3.8) is 0 Å². The van der Waals surface area contributed by atoms with Crippen LogP contribution < -0.4 is 5.56 Å². The van der Waals surface area contributed by atoms with Crippen LogP contribution in [-0.4, -0.2) is 29.7 Å². The number of pyridine rings is 1. The quantitative estimate of drug-likeness (QED) is 0.795. The van der Waals surface area contributed by atoms with Gasteiger partial charge in [0.1, 0.15) is 0 Å². The van der Waals surface area contributed by atoms with E-state index >= 15 is 0 Å². The molecule has 0 bridgehead atoms. The second kappa shape index (κ2) is 7.24. The molecular formula is C16H21NO5. The Morgan fingerprint density at radius 2 is 1.77 bits per heavy atom. The van der Waals surface area contributed by atoms with Crippen molar-refractivity contribution in [2.45, 2.75) is 46.1 Å². The Kier molecular flexibility index (Phi) is 5.35. The van der Waals surface area contributed by atoms with Gasteiger partial charge in [-0.25, -0.2) is 9.59 Å². The molecule has 1 aromatic rings. The molecule has 1 aromatic heterocycles. The molecule has 1 aliphatic rings. The van der Waals surface area contributed by atoms with E-state index in [1.165, 1.54) is 6.07 Å². The summed E-state index contributed by atoms with van der Waals surface area (Å²) < 4.78 is 11.6. The third-order valence-corrected chi connectivity index (χ3v) is 3.69. The van der Waals surface area contributed by atoms with Crippen LogP contribution in [0.15, 0.2) is 10.9 Å². The molecule has 0 radical (unpaired) electrons. The van der Waals surface area contributed by atoms with Crippen molar-refractivity contribution in [3.8, 4) is 0 Å². The van der Waals surface area contributed by atoms with Crippen molar-refractivity contribution < 1.29 is 19.1 Å². The Hall–Kier alpha value is -2.11. The number of rotatable bonds is 4. The van der Waals surface area contributed by atoms with Crippen LogP contribution in [0.3, 0.4) is 0 Å². The fraction of sp³-hybridized carbons (Fsp3) is 0.562. The van der Waals surface area contributed by atoms with Crippen LogP contribution in [-0.2, 0) is 22.4 Å². The van der Waals surface area contributed by atoms with E-state index in [2.05, 4.69) is 0 Å². The first-order valence-corrected chi connectivity index (χ1v) is 7.71. The van der Waals surface area contributed by atoms with Crippen LogP contribution in [0.4, 0.5) is 0 Å². The second-order valence-corrected chi connectivity index (χ2v) is 5.12. The molecule has 6 heteroatoms. The number of aromatic nitrogens is 1. The van der Waals surface area contributed by atoms with Crippen LogP contribution in [0, 0.1) is 0 Å². The number of nitrogens with zero attached hydrogens (tertiary/aromatic N) is 1. The van der Waals surface area contributed by atoms with E-state index in [9.17, 15) is 14.4 Å². The van der Waals surface area contributed by atoms with Gasteiger partial charge in [-0.2, -0.15) is 0 Å². The Morgan fingerprint density at radius 1 is 1.09 bits per heavy atom. The Bertz CT molecular complexity index is 632. The third kappa shape index (κ3) is 3.21. The molecule has 0 fully saturated rings. The van der Waals surface area contributed by atoms with Crippen LogP contribution in [0.2, 0.25) is 0 Å². The van der Waals surface area contributed by atoms with Gasteiger partial charge in [-0.3, -0.25) is 4.79 Å². The van der Waals surface area contributed by atoms with Gasteiger partial charge in [-0.1, -0.05) is 6.42 Å². The molecule has 0 aliphatic carbocycles. The molecule has 22 heavy (non-hydrogen) atoms. The van der Waals surface area contributed by atoms with Crippen molar-refractivity contribution in [1.82, 2.24) is 4.57 Å². The number of hydrogen-bond acceptors (Lipinski definition) is 5. The van der Waals surface area contributed by atoms with Gasteiger partial charge in [0.15, 0.2) is 0 Å². The van der Waals surface area contributed by atoms with Gasteiger partial charge in [0.05, 0.1) is 24.3 Å². The molecule has 2 heterocycles. The van der Waals surface area contributed by atoms with E-state index < -0.39 is 11.9 Å². The van der Waals surface area contributed by atoms with E-state index in [4.69, 9.17) is 9.47 Å². The normalized spacial score (nSPS) is 13.9. The maximum Gasteiger partial charge on any atom is 0.340 e. The lowest BCUT2D eigenvalue weighted by Gasteiger charge is -2.16. The third-order valence-electron chi connectivity index (χ3n) is 3.69. The smallest absolute Gasteiger partial charge is 0.340 e. The lowest BCUT2D eigenvalue weighted by molar-refractivity contribution is 0.0476. The summed E-state index contributed by atoms with van der Waals surface area (Å²) >= 11 is 0. The average Bonchev–Trinajstić information content (AvgIpc) is 2.73. The summed E-state index contributed by atoms with van der Waals surface area (Å²) in [5.41, 5.74) is 0.514. The highest BCUT2D eigenvalue weighted by Crippen LogP contribution is 2.21. The summed E-state index contributed by atoms with van der Waals surface area (Å²) in [4.78, 5) is 36.7. The summed E-state index contributed by atoms with van der Waals surface area (Å²) in [6.07, 6.45) is 3.32. The lowest BCUT2D eigenvalue weighted by atomic mass is 10.0. The van der Waals surface area contributed by atoms with E-state index in [1.807, 2.05) is 0 Å². The molecule has 0 aromatic carbocycles. The molecule has 0 amide bonds. The minimum absolute atomic E-state index is 0.0125. The summed E-state index contributed by atoms with van der Waals surface area (Å²) in [7, 11) is 0. The van der Waals surface area contributed by atoms with Gasteiger partial charge in [-0.15, -0.1) is 0 Å². The number of esters is 2. The van der Waals surface area contributed by atoms with Gasteiger partial charge in [0.25, 0.3) is 5.56 Å². The molecule has 0 spiro atoms. The lowest BCUT2D eigenvalue weighted by Crippen LogP contribution is -2.29. The van der Waals surface area contributed by atoms with E-state index in [1.54, 1.807) is 18.4 Å². The molecule has 6 nitrogen and oxygen atoms in total. The van der Waals surface area contributed by atoms with Crippen molar-refractivity contribution in [2.24, 2.45) is 0 Å². The van der Waals surface area contributed by atoms with Gasteiger partial charge in [0, 0.05) is 18.3 Å². The maximum absolute atomic E-state index is 12.3. The van der Waals surface area contributed by atoms with E-state index in [0.29, 0.717) is 18.7 Å². The Balaban J connectivity index is 2.64. The first-order valence-electron chi connectivity index (χ1n) is 7.71. The predicted molar refractivity (Wildman–Crippen MR) is 80.2 cm³/mol. The summed E-state index contributed by atoms with van der Waals surface area (Å²) in [5.74, 6) is -1.23. The topological polar surface area (TPSA) is 74.6 Å². The largest absolute Gasteiger partial charge is 0.462 e. The minimum Gasteiger partial charge on any atom is -0.462 e. The number of carbonyl (C=O) groups excluding carboxylic acids is 2. The zero-order chi connectivity index (χ0) is 16.1. The van der Waals surface area contributed by atoms with Crippen LogP contribution >= 0.6 is 0 Å². The molecular weight excluding hydrogens is 286 g/mol. The molecule has 2 rings (SSSR count). The van der Waals surface area contributed by atoms with Crippen LogP contribution in [0.1, 0.15) is 59.5 Å². The van der Waals surface area contributed by atoms with Crippen molar-refractivity contribution in [2.75, 3.05) is 13.2 Å². The van der Waals surface area contributed by atoms with Crippen LogP contribution in [0.5, 0.6) is 0 Å². The maximum atomic E-state index is 12.3. The van der Waals surface area contributed by atoms with E-state index in [-0.39, 0.29) is 29.9 Å². The second-order valence-electron chi connectivity index (χ2n) is 5.12. The fourth-order valence-electron chi connectivity index (χ4n) is 2.74. The van der Waals surface area contributed by atoms with Gasteiger partial charge < -0.3 is 14.0 Å². The summed E-state index contributed by atoms with van der Waals surface area (Å²) in [6, 6.07) is 1.19. The van der Waals surface area contributed by atoms with E-state index in [0.717, 1.165) is 19.3 Å². The number of ether oxygens (including phenoxy) is 2. The predicted octanol–water partition coefficient (Wildman–Crippen LogP) is 1.93. The number of fused-ring (bicyclic) bond motifs is 1. The Morgan fingerprint density at radius 3 is 2.45 bits per heavy atom. The van der Waals surface area contributed by atoms with Crippen LogP contribution in [0.25, 0.3) is 0 Å².